The van der Waals surface area contributed by atoms with Crippen LogP contribution in [0, 0.1) is 0 Å². The Morgan fingerprint density at radius 1 is 1.44 bits per heavy atom. The van der Waals surface area contributed by atoms with Gasteiger partial charge in [0.25, 0.3) is 5.13 Å². The first-order valence-electron chi connectivity index (χ1n) is 4.84. The van der Waals surface area contributed by atoms with Crippen molar-refractivity contribution in [1.29, 1.82) is 0 Å². The number of nitrogens with one attached hydrogen (secondary N) is 3. The summed E-state index contributed by atoms with van der Waals surface area (Å²) in [6.07, 6.45) is 0. The number of thiazole rings is 1. The Labute approximate surface area is 95.2 Å². The van der Waals surface area contributed by atoms with Crippen LogP contribution in [0.3, 0.4) is 0 Å². The van der Waals surface area contributed by atoms with Gasteiger partial charge in [0.1, 0.15) is 0 Å². The Bertz CT molecular complexity index is 556. The number of para-hydroxylation sites is 1. The van der Waals surface area contributed by atoms with E-state index in [2.05, 4.69) is 20.6 Å². The van der Waals surface area contributed by atoms with Gasteiger partial charge >= 0.3 is 11.9 Å². The molecule has 6 heteroatoms. The summed E-state index contributed by atoms with van der Waals surface area (Å²) in [5, 5.41) is 6.48. The van der Waals surface area contributed by atoms with Crippen molar-refractivity contribution < 1.29 is 9.79 Å². The second-order valence-corrected chi connectivity index (χ2v) is 4.42. The molecule has 0 fully saturated rings. The highest BCUT2D eigenvalue weighted by atomic mass is 32.1. The van der Waals surface area contributed by atoms with Crippen LogP contribution < -0.4 is 15.6 Å². The first-order valence-corrected chi connectivity index (χ1v) is 5.66. The first-order chi connectivity index (χ1) is 7.81. The van der Waals surface area contributed by atoms with Crippen molar-refractivity contribution in [2.24, 2.45) is 0 Å². The maximum absolute atomic E-state index is 11.0. The minimum absolute atomic E-state index is 0.0383. The Morgan fingerprint density at radius 3 is 3.06 bits per heavy atom. The molecule has 3 N–H and O–H groups in total. The van der Waals surface area contributed by atoms with Gasteiger partial charge in [-0.25, -0.2) is 15.6 Å². The lowest BCUT2D eigenvalue weighted by Crippen LogP contribution is -2.72. The SMILES string of the molecule is O=C1C[NH+]=C(Nc2nc3ccccc3s2)N1. The van der Waals surface area contributed by atoms with Gasteiger partial charge in [0.05, 0.1) is 10.2 Å². The summed E-state index contributed by atoms with van der Waals surface area (Å²) in [5.74, 6) is 0.563. The minimum Gasteiger partial charge on any atom is -0.266 e. The Hall–Kier alpha value is -1.95. The largest absolute Gasteiger partial charge is 0.358 e. The van der Waals surface area contributed by atoms with Crippen LogP contribution in [0.1, 0.15) is 0 Å². The summed E-state index contributed by atoms with van der Waals surface area (Å²) < 4.78 is 1.12. The van der Waals surface area contributed by atoms with Gasteiger partial charge < -0.3 is 0 Å². The third-order valence-electron chi connectivity index (χ3n) is 2.22. The molecule has 0 atom stereocenters. The molecule has 0 aliphatic carbocycles. The molecule has 2 aromatic rings. The lowest BCUT2D eigenvalue weighted by Gasteiger charge is -1.91. The van der Waals surface area contributed by atoms with Gasteiger partial charge in [-0.15, -0.1) is 0 Å². The summed E-state index contributed by atoms with van der Waals surface area (Å²) >= 11 is 1.55. The average molecular weight is 233 g/mol. The highest BCUT2D eigenvalue weighted by Gasteiger charge is 2.21. The molecule has 16 heavy (non-hydrogen) atoms. The fourth-order valence-electron chi connectivity index (χ4n) is 1.50. The van der Waals surface area contributed by atoms with Gasteiger partial charge in [0.15, 0.2) is 6.54 Å². The molecule has 0 spiro atoms. The monoisotopic (exact) mass is 233 g/mol. The van der Waals surface area contributed by atoms with Gasteiger partial charge in [-0.2, -0.15) is 0 Å². The summed E-state index contributed by atoms with van der Waals surface area (Å²) in [4.78, 5) is 18.3. The lowest BCUT2D eigenvalue weighted by molar-refractivity contribution is -0.437. The van der Waals surface area contributed by atoms with Crippen LogP contribution in [0.5, 0.6) is 0 Å². The number of aromatic nitrogens is 1. The topological polar surface area (TPSA) is 68.0 Å². The van der Waals surface area contributed by atoms with Crippen molar-refractivity contribution in [2.75, 3.05) is 11.9 Å². The van der Waals surface area contributed by atoms with E-state index in [4.69, 9.17) is 0 Å². The van der Waals surface area contributed by atoms with Crippen LogP contribution in [0.2, 0.25) is 0 Å². The van der Waals surface area contributed by atoms with E-state index in [-0.39, 0.29) is 5.91 Å². The van der Waals surface area contributed by atoms with E-state index >= 15 is 0 Å². The van der Waals surface area contributed by atoms with E-state index < -0.39 is 0 Å². The fourth-order valence-corrected chi connectivity index (χ4v) is 2.37. The van der Waals surface area contributed by atoms with Crippen LogP contribution in [-0.4, -0.2) is 23.4 Å². The molecular weight excluding hydrogens is 224 g/mol. The number of fused-ring (bicyclic) bond motifs is 1. The van der Waals surface area contributed by atoms with E-state index in [1.54, 1.807) is 11.3 Å². The third-order valence-corrected chi connectivity index (χ3v) is 3.17. The smallest absolute Gasteiger partial charge is 0.266 e. The highest BCUT2D eigenvalue weighted by Crippen LogP contribution is 2.24. The van der Waals surface area contributed by atoms with Gasteiger partial charge in [0.2, 0.25) is 0 Å². The summed E-state index contributed by atoms with van der Waals surface area (Å²) in [6, 6.07) is 7.91. The molecular formula is C10H9N4OS+. The molecule has 1 aliphatic rings. The number of carbonyl (C=O) groups is 1. The van der Waals surface area contributed by atoms with E-state index in [9.17, 15) is 4.79 Å². The lowest BCUT2D eigenvalue weighted by atomic mass is 10.3. The molecule has 1 aromatic carbocycles. The molecule has 0 saturated carbocycles. The number of guanidine groups is 1. The van der Waals surface area contributed by atoms with Crippen LogP contribution in [0.25, 0.3) is 10.2 Å². The summed E-state index contributed by atoms with van der Waals surface area (Å²) in [7, 11) is 0. The van der Waals surface area contributed by atoms with Gasteiger partial charge in [-0.1, -0.05) is 23.5 Å². The van der Waals surface area contributed by atoms with Crippen molar-refractivity contribution >= 4 is 38.6 Å². The molecule has 80 valence electrons. The fraction of sp³-hybridized carbons (Fsp3) is 0.100. The summed E-state index contributed by atoms with van der Waals surface area (Å²) in [6.45, 7) is 0.313. The molecule has 0 saturated heterocycles. The number of anilines is 1. The zero-order chi connectivity index (χ0) is 11.0. The number of nitrogens with zero attached hydrogens (tertiary/aromatic N) is 1. The van der Waals surface area contributed by atoms with E-state index in [1.807, 2.05) is 24.3 Å². The minimum atomic E-state index is -0.0383. The van der Waals surface area contributed by atoms with Crippen molar-refractivity contribution in [3.05, 3.63) is 24.3 Å². The predicted octanol–water partition coefficient (Wildman–Crippen LogP) is -0.725. The number of benzene rings is 1. The molecule has 1 aromatic heterocycles. The molecule has 2 heterocycles. The number of amides is 1. The molecule has 0 radical (unpaired) electrons. The zero-order valence-electron chi connectivity index (χ0n) is 8.28. The van der Waals surface area contributed by atoms with E-state index in [0.29, 0.717) is 12.5 Å². The molecule has 5 nitrogen and oxygen atoms in total. The zero-order valence-corrected chi connectivity index (χ0v) is 9.10. The van der Waals surface area contributed by atoms with Crippen LogP contribution in [-0.2, 0) is 4.79 Å². The quantitative estimate of drug-likeness (QED) is 0.608. The molecule has 3 rings (SSSR count). The number of rotatable bonds is 1. The molecule has 0 unspecified atom stereocenters. The summed E-state index contributed by atoms with van der Waals surface area (Å²) in [5.41, 5.74) is 0.958. The third kappa shape index (κ3) is 1.63. The maximum atomic E-state index is 11.0. The van der Waals surface area contributed by atoms with Crippen LogP contribution >= 0.6 is 11.3 Å². The normalized spacial score (nSPS) is 15.0. The number of hydrogen-bond donors (Lipinski definition) is 3. The van der Waals surface area contributed by atoms with Crippen molar-refractivity contribution in [2.45, 2.75) is 0 Å². The van der Waals surface area contributed by atoms with Crippen molar-refractivity contribution in [1.82, 2.24) is 10.3 Å². The van der Waals surface area contributed by atoms with Crippen LogP contribution in [0.4, 0.5) is 5.13 Å². The predicted molar refractivity (Wildman–Crippen MR) is 62.2 cm³/mol. The maximum Gasteiger partial charge on any atom is 0.358 e. The Morgan fingerprint density at radius 2 is 2.31 bits per heavy atom. The second kappa shape index (κ2) is 3.57. The molecule has 1 aliphatic heterocycles. The second-order valence-electron chi connectivity index (χ2n) is 3.39. The van der Waals surface area contributed by atoms with E-state index in [0.717, 1.165) is 15.3 Å². The average Bonchev–Trinajstić information content (AvgIpc) is 2.84. The van der Waals surface area contributed by atoms with Crippen molar-refractivity contribution in [3.63, 3.8) is 0 Å². The van der Waals surface area contributed by atoms with Gasteiger partial charge in [-0.3, -0.25) is 9.79 Å². The van der Waals surface area contributed by atoms with Gasteiger partial charge in [0, 0.05) is 0 Å². The number of hydrogen-bond acceptors (Lipinski definition) is 4. The van der Waals surface area contributed by atoms with Gasteiger partial charge in [-0.05, 0) is 12.1 Å². The standard InChI is InChI=1S/C10H8N4OS/c15-8-5-11-9(13-8)14-10-12-6-3-1-2-4-7(6)16-10/h1-4H,5H2,(H2,11,12,13,14,15)/p+1. The number of carbonyl (C=O) groups excluding carboxylic acids is 1. The molecule has 1 amide bonds. The highest BCUT2D eigenvalue weighted by molar-refractivity contribution is 7.22. The Balaban J connectivity index is 1.87. The van der Waals surface area contributed by atoms with Crippen molar-refractivity contribution in [3.8, 4) is 0 Å². The Kier molecular flexibility index (Phi) is 2.07. The van der Waals surface area contributed by atoms with Crippen LogP contribution in [0.15, 0.2) is 24.3 Å². The molecule has 0 bridgehead atoms. The first kappa shape index (κ1) is 9.29. The van der Waals surface area contributed by atoms with E-state index in [1.165, 1.54) is 0 Å².